The average Bonchev–Trinajstić information content (AvgIpc) is 3.01. The lowest BCUT2D eigenvalue weighted by molar-refractivity contribution is 0.366. The van der Waals surface area contributed by atoms with E-state index in [1.165, 1.54) is 12.8 Å². The summed E-state index contributed by atoms with van der Waals surface area (Å²) in [5.41, 5.74) is 0.870. The first-order valence-electron chi connectivity index (χ1n) is 5.64. The van der Waals surface area contributed by atoms with Crippen LogP contribution in [0, 0.1) is 0 Å². The minimum absolute atomic E-state index is 0.251. The fourth-order valence-corrected chi connectivity index (χ4v) is 2.02. The third kappa shape index (κ3) is 1.74. The molecule has 0 radical (unpaired) electrons. The van der Waals surface area contributed by atoms with E-state index in [0.717, 1.165) is 24.5 Å². The number of H-pyrrole nitrogens is 1. The van der Waals surface area contributed by atoms with Crippen molar-refractivity contribution in [2.75, 3.05) is 6.54 Å². The number of aromatic amines is 1. The number of piperidine rings is 1. The zero-order valence-electron chi connectivity index (χ0n) is 8.94. The molecule has 3 rings (SSSR count). The van der Waals surface area contributed by atoms with Gasteiger partial charge in [0.15, 0.2) is 5.82 Å². The van der Waals surface area contributed by atoms with Crippen LogP contribution in [0.25, 0.3) is 11.6 Å². The monoisotopic (exact) mass is 218 g/mol. The van der Waals surface area contributed by atoms with Crippen LogP contribution in [0.5, 0.6) is 0 Å². The molecule has 0 spiro atoms. The van der Waals surface area contributed by atoms with E-state index in [4.69, 9.17) is 4.52 Å². The summed E-state index contributed by atoms with van der Waals surface area (Å²) in [6, 6.07) is 4.09. The van der Waals surface area contributed by atoms with Gasteiger partial charge in [0.1, 0.15) is 5.69 Å². The Hall–Kier alpha value is -1.62. The average molecular weight is 218 g/mol. The second-order valence-electron chi connectivity index (χ2n) is 4.04. The van der Waals surface area contributed by atoms with Crippen LogP contribution in [-0.2, 0) is 0 Å². The number of nitrogens with zero attached hydrogens (tertiary/aromatic N) is 2. The van der Waals surface area contributed by atoms with Crippen LogP contribution >= 0.6 is 0 Å². The standard InChI is InChI=1S/C11H14N4O/c1-2-6-12-8(4-1)10-14-11(16-15-10)9-5-3-7-13-9/h3,5,7-8,12-13H,1-2,4,6H2. The largest absolute Gasteiger partial charge is 0.357 e. The van der Waals surface area contributed by atoms with Crippen molar-refractivity contribution >= 4 is 0 Å². The number of nitrogens with one attached hydrogen (secondary N) is 2. The highest BCUT2D eigenvalue weighted by molar-refractivity contribution is 5.46. The van der Waals surface area contributed by atoms with Crippen LogP contribution in [0.15, 0.2) is 22.9 Å². The molecule has 84 valence electrons. The summed E-state index contributed by atoms with van der Waals surface area (Å²) in [4.78, 5) is 7.46. The molecule has 5 heteroatoms. The molecule has 2 N–H and O–H groups in total. The second kappa shape index (κ2) is 4.09. The van der Waals surface area contributed by atoms with Crippen LogP contribution in [0.1, 0.15) is 31.1 Å². The zero-order chi connectivity index (χ0) is 10.8. The molecule has 5 nitrogen and oxygen atoms in total. The molecule has 0 saturated carbocycles. The Labute approximate surface area is 93.3 Å². The van der Waals surface area contributed by atoms with E-state index in [0.29, 0.717) is 5.89 Å². The van der Waals surface area contributed by atoms with Gasteiger partial charge in [0.2, 0.25) is 0 Å². The number of hydrogen-bond donors (Lipinski definition) is 2. The molecule has 2 aromatic rings. The van der Waals surface area contributed by atoms with E-state index in [2.05, 4.69) is 20.4 Å². The summed E-state index contributed by atoms with van der Waals surface area (Å²) in [7, 11) is 0. The lowest BCUT2D eigenvalue weighted by Gasteiger charge is -2.19. The zero-order valence-corrected chi connectivity index (χ0v) is 8.94. The van der Waals surface area contributed by atoms with Gasteiger partial charge in [0.25, 0.3) is 5.89 Å². The van der Waals surface area contributed by atoms with Gasteiger partial charge in [0, 0.05) is 6.20 Å². The van der Waals surface area contributed by atoms with Gasteiger partial charge in [-0.1, -0.05) is 11.6 Å². The third-order valence-electron chi connectivity index (χ3n) is 2.89. The summed E-state index contributed by atoms with van der Waals surface area (Å²) >= 11 is 0. The van der Waals surface area contributed by atoms with Crippen molar-refractivity contribution in [3.05, 3.63) is 24.2 Å². The van der Waals surface area contributed by atoms with Crippen LogP contribution in [0.4, 0.5) is 0 Å². The second-order valence-corrected chi connectivity index (χ2v) is 4.04. The Morgan fingerprint density at radius 3 is 3.12 bits per heavy atom. The van der Waals surface area contributed by atoms with Gasteiger partial charge in [-0.25, -0.2) is 0 Å². The summed E-state index contributed by atoms with van der Waals surface area (Å²) in [5, 5.41) is 7.43. The molecule has 0 aliphatic carbocycles. The van der Waals surface area contributed by atoms with E-state index < -0.39 is 0 Å². The maximum atomic E-state index is 5.23. The highest BCUT2D eigenvalue weighted by Gasteiger charge is 2.20. The smallest absolute Gasteiger partial charge is 0.274 e. The molecular formula is C11H14N4O. The van der Waals surface area contributed by atoms with Gasteiger partial charge < -0.3 is 14.8 Å². The van der Waals surface area contributed by atoms with Crippen molar-refractivity contribution in [1.29, 1.82) is 0 Å². The Balaban J connectivity index is 1.82. The first kappa shape index (κ1) is 9.59. The molecule has 0 amide bonds. The van der Waals surface area contributed by atoms with Gasteiger partial charge in [-0.2, -0.15) is 4.98 Å². The molecule has 16 heavy (non-hydrogen) atoms. The highest BCUT2D eigenvalue weighted by atomic mass is 16.5. The molecule has 3 heterocycles. The molecule has 1 aliphatic rings. The van der Waals surface area contributed by atoms with Crippen LogP contribution in [0.2, 0.25) is 0 Å². The quantitative estimate of drug-likeness (QED) is 0.807. The SMILES string of the molecule is c1c[nH]c(-c2nc(C3CCCCN3)no2)c1. The number of hydrogen-bond acceptors (Lipinski definition) is 4. The normalized spacial score (nSPS) is 21.1. The molecular weight excluding hydrogens is 204 g/mol. The van der Waals surface area contributed by atoms with Gasteiger partial charge in [-0.3, -0.25) is 0 Å². The Morgan fingerprint density at radius 1 is 1.38 bits per heavy atom. The number of rotatable bonds is 2. The molecule has 2 aromatic heterocycles. The summed E-state index contributed by atoms with van der Waals surface area (Å²) in [6.45, 7) is 1.04. The van der Waals surface area contributed by atoms with Crippen molar-refractivity contribution in [1.82, 2.24) is 20.4 Å². The lowest BCUT2D eigenvalue weighted by Crippen LogP contribution is -2.27. The molecule has 1 unspecified atom stereocenters. The van der Waals surface area contributed by atoms with Crippen LogP contribution in [0.3, 0.4) is 0 Å². The van der Waals surface area contributed by atoms with Gasteiger partial charge >= 0.3 is 0 Å². The predicted molar refractivity (Wildman–Crippen MR) is 58.7 cm³/mol. The van der Waals surface area contributed by atoms with Crippen molar-refractivity contribution in [2.45, 2.75) is 25.3 Å². The Bertz CT molecular complexity index is 442. The summed E-state index contributed by atoms with van der Waals surface area (Å²) in [5.74, 6) is 1.33. The van der Waals surface area contributed by atoms with Crippen molar-refractivity contribution in [3.8, 4) is 11.6 Å². The molecule has 1 saturated heterocycles. The van der Waals surface area contributed by atoms with E-state index in [1.54, 1.807) is 0 Å². The first-order valence-corrected chi connectivity index (χ1v) is 5.64. The molecule has 1 atom stereocenters. The summed E-state index contributed by atoms with van der Waals surface area (Å²) < 4.78 is 5.23. The molecule has 0 bridgehead atoms. The fourth-order valence-electron chi connectivity index (χ4n) is 2.02. The third-order valence-corrected chi connectivity index (χ3v) is 2.89. The van der Waals surface area contributed by atoms with Gasteiger partial charge in [0.05, 0.1) is 6.04 Å². The highest BCUT2D eigenvalue weighted by Crippen LogP contribution is 2.22. The Morgan fingerprint density at radius 2 is 2.38 bits per heavy atom. The fraction of sp³-hybridized carbons (Fsp3) is 0.455. The van der Waals surface area contributed by atoms with Crippen LogP contribution in [-0.4, -0.2) is 21.7 Å². The maximum Gasteiger partial charge on any atom is 0.274 e. The van der Waals surface area contributed by atoms with E-state index in [1.807, 2.05) is 18.3 Å². The Kier molecular flexibility index (Phi) is 2.46. The van der Waals surface area contributed by atoms with Gasteiger partial charge in [-0.05, 0) is 31.5 Å². The molecule has 0 aromatic carbocycles. The van der Waals surface area contributed by atoms with Crippen molar-refractivity contribution < 1.29 is 4.52 Å². The topological polar surface area (TPSA) is 66.7 Å². The minimum Gasteiger partial charge on any atom is -0.357 e. The van der Waals surface area contributed by atoms with E-state index in [9.17, 15) is 0 Å². The molecule has 1 aliphatic heterocycles. The van der Waals surface area contributed by atoms with Crippen molar-refractivity contribution in [2.24, 2.45) is 0 Å². The van der Waals surface area contributed by atoms with Crippen LogP contribution < -0.4 is 5.32 Å². The van der Waals surface area contributed by atoms with Crippen molar-refractivity contribution in [3.63, 3.8) is 0 Å². The maximum absolute atomic E-state index is 5.23. The van der Waals surface area contributed by atoms with E-state index >= 15 is 0 Å². The first-order chi connectivity index (χ1) is 7.93. The van der Waals surface area contributed by atoms with E-state index in [-0.39, 0.29) is 6.04 Å². The van der Waals surface area contributed by atoms with Gasteiger partial charge in [-0.15, -0.1) is 0 Å². The summed E-state index contributed by atoms with van der Waals surface area (Å²) in [6.07, 6.45) is 5.39. The predicted octanol–water partition coefficient (Wildman–Crippen LogP) is 1.88. The minimum atomic E-state index is 0.251. The number of aromatic nitrogens is 3. The molecule has 1 fully saturated rings. The lowest BCUT2D eigenvalue weighted by atomic mass is 10.0.